The monoisotopic (exact) mass is 476 g/mol. The van der Waals surface area contributed by atoms with E-state index < -0.39 is 6.04 Å². The molecule has 0 fully saturated rings. The van der Waals surface area contributed by atoms with Gasteiger partial charge in [-0.15, -0.1) is 11.8 Å². The van der Waals surface area contributed by atoms with E-state index in [9.17, 15) is 9.59 Å². The van der Waals surface area contributed by atoms with Crippen LogP contribution in [0.4, 0.5) is 0 Å². The number of ether oxygens (including phenoxy) is 1. The van der Waals surface area contributed by atoms with Gasteiger partial charge in [-0.3, -0.25) is 9.59 Å². The van der Waals surface area contributed by atoms with Gasteiger partial charge in [0.05, 0.1) is 12.9 Å². The third-order valence-electron chi connectivity index (χ3n) is 4.97. The highest BCUT2D eigenvalue weighted by molar-refractivity contribution is 7.99. The van der Waals surface area contributed by atoms with Crippen LogP contribution in [0.15, 0.2) is 48.5 Å². The van der Waals surface area contributed by atoms with E-state index in [0.29, 0.717) is 36.2 Å². The highest BCUT2D eigenvalue weighted by Gasteiger charge is 2.28. The van der Waals surface area contributed by atoms with E-state index in [1.807, 2.05) is 69.3 Å². The number of hydrogen-bond acceptors (Lipinski definition) is 4. The van der Waals surface area contributed by atoms with Crippen LogP contribution in [0.2, 0.25) is 5.02 Å². The Bertz CT molecular complexity index is 874. The Balaban J connectivity index is 2.12. The van der Waals surface area contributed by atoms with Crippen molar-refractivity contribution in [1.29, 1.82) is 0 Å². The average Bonchev–Trinajstić information content (AvgIpc) is 2.78. The van der Waals surface area contributed by atoms with Crippen LogP contribution in [-0.4, -0.2) is 42.2 Å². The summed E-state index contributed by atoms with van der Waals surface area (Å²) in [6.07, 6.45) is 0.546. The predicted octanol–water partition coefficient (Wildman–Crippen LogP) is 5.16. The fourth-order valence-electron chi connectivity index (χ4n) is 3.24. The number of halogens is 1. The van der Waals surface area contributed by atoms with Gasteiger partial charge in [-0.1, -0.05) is 56.6 Å². The van der Waals surface area contributed by atoms with Gasteiger partial charge in [0.2, 0.25) is 11.8 Å². The Morgan fingerprint density at radius 1 is 1.12 bits per heavy atom. The molecule has 0 spiro atoms. The number of amides is 2. The quantitative estimate of drug-likeness (QED) is 0.459. The van der Waals surface area contributed by atoms with Crippen LogP contribution in [0.25, 0.3) is 0 Å². The molecule has 32 heavy (non-hydrogen) atoms. The van der Waals surface area contributed by atoms with Crippen LogP contribution in [0.5, 0.6) is 5.75 Å². The molecule has 1 atom stereocenters. The molecule has 2 rings (SSSR count). The number of carbonyl (C=O) groups is 2. The maximum Gasteiger partial charge on any atom is 0.242 e. The van der Waals surface area contributed by atoms with Gasteiger partial charge in [0.25, 0.3) is 0 Å². The number of nitrogens with one attached hydrogen (secondary N) is 1. The lowest BCUT2D eigenvalue weighted by molar-refractivity contribution is -0.139. The first-order valence-corrected chi connectivity index (χ1v) is 12.4. The third-order valence-corrected chi connectivity index (χ3v) is 6.19. The molecule has 1 unspecified atom stereocenters. The molecule has 174 valence electrons. The van der Waals surface area contributed by atoms with E-state index in [2.05, 4.69) is 5.32 Å². The molecular weight excluding hydrogens is 444 g/mol. The summed E-state index contributed by atoms with van der Waals surface area (Å²) in [6.45, 7) is 6.99. The highest BCUT2D eigenvalue weighted by atomic mass is 35.5. The molecule has 2 aromatic rings. The lowest BCUT2D eigenvalue weighted by Crippen LogP contribution is -2.50. The normalized spacial score (nSPS) is 11.8. The van der Waals surface area contributed by atoms with Crippen LogP contribution >= 0.6 is 23.4 Å². The summed E-state index contributed by atoms with van der Waals surface area (Å²) in [5, 5.41) is 3.67. The molecule has 0 aromatic heterocycles. The number of hydrogen-bond donors (Lipinski definition) is 1. The van der Waals surface area contributed by atoms with Crippen LogP contribution in [0, 0.1) is 5.92 Å². The van der Waals surface area contributed by atoms with Crippen LogP contribution in [0.1, 0.15) is 38.3 Å². The molecule has 0 aliphatic heterocycles. The number of carbonyl (C=O) groups excluding carboxylic acids is 2. The van der Waals surface area contributed by atoms with Crippen molar-refractivity contribution in [2.75, 3.05) is 19.4 Å². The Morgan fingerprint density at radius 2 is 1.84 bits per heavy atom. The molecule has 0 aliphatic carbocycles. The molecule has 0 saturated carbocycles. The molecular formula is C25H33ClN2O3S. The largest absolute Gasteiger partial charge is 0.497 e. The Hall–Kier alpha value is -2.18. The van der Waals surface area contributed by atoms with Crippen LogP contribution in [-0.2, 0) is 21.9 Å². The second-order valence-electron chi connectivity index (χ2n) is 8.06. The summed E-state index contributed by atoms with van der Waals surface area (Å²) in [5.74, 6) is 1.90. The van der Waals surface area contributed by atoms with Crippen LogP contribution < -0.4 is 10.1 Å². The van der Waals surface area contributed by atoms with Crippen molar-refractivity contribution in [3.05, 3.63) is 64.7 Å². The number of benzene rings is 2. The van der Waals surface area contributed by atoms with Crippen molar-refractivity contribution in [3.8, 4) is 5.75 Å². The minimum absolute atomic E-state index is 0.0561. The van der Waals surface area contributed by atoms with Gasteiger partial charge in [-0.2, -0.15) is 0 Å². The standard InChI is InChI=1S/C25H33ClN2O3S/c1-5-23(25(30)27-14-18(2)3)28(15-19-9-11-22(31-4)12-10-19)24(29)17-32-16-20-7-6-8-21(26)13-20/h6-13,18,23H,5,14-17H2,1-4H3,(H,27,30). The van der Waals surface area contributed by atoms with Crippen molar-refractivity contribution >= 4 is 35.2 Å². The van der Waals surface area contributed by atoms with Gasteiger partial charge in [0.15, 0.2) is 0 Å². The summed E-state index contributed by atoms with van der Waals surface area (Å²) in [7, 11) is 1.62. The van der Waals surface area contributed by atoms with Gasteiger partial charge in [0, 0.05) is 23.9 Å². The lowest BCUT2D eigenvalue weighted by atomic mass is 10.1. The first-order chi connectivity index (χ1) is 15.3. The second-order valence-corrected chi connectivity index (χ2v) is 9.48. The maximum atomic E-state index is 13.2. The zero-order chi connectivity index (χ0) is 23.5. The predicted molar refractivity (Wildman–Crippen MR) is 133 cm³/mol. The molecule has 0 aliphatic rings. The van der Waals surface area contributed by atoms with Gasteiger partial charge in [-0.05, 0) is 47.7 Å². The first-order valence-electron chi connectivity index (χ1n) is 10.9. The number of rotatable bonds is 12. The zero-order valence-electron chi connectivity index (χ0n) is 19.3. The lowest BCUT2D eigenvalue weighted by Gasteiger charge is -2.31. The summed E-state index contributed by atoms with van der Waals surface area (Å²) in [6, 6.07) is 14.7. The molecule has 0 heterocycles. The van der Waals surface area contributed by atoms with Crippen LogP contribution in [0.3, 0.4) is 0 Å². The number of thioether (sulfide) groups is 1. The smallest absolute Gasteiger partial charge is 0.242 e. The van der Waals surface area contributed by atoms with Gasteiger partial charge >= 0.3 is 0 Å². The zero-order valence-corrected chi connectivity index (χ0v) is 20.8. The SMILES string of the molecule is CCC(C(=O)NCC(C)C)N(Cc1ccc(OC)cc1)C(=O)CSCc1cccc(Cl)c1. The van der Waals surface area contributed by atoms with E-state index >= 15 is 0 Å². The third kappa shape index (κ3) is 8.40. The fourth-order valence-corrected chi connectivity index (χ4v) is 4.31. The Labute approximate surface area is 200 Å². The molecule has 2 amide bonds. The minimum Gasteiger partial charge on any atom is -0.497 e. The minimum atomic E-state index is -0.518. The molecule has 5 nitrogen and oxygen atoms in total. The van der Waals surface area contributed by atoms with Crippen molar-refractivity contribution in [2.24, 2.45) is 5.92 Å². The summed E-state index contributed by atoms with van der Waals surface area (Å²) in [4.78, 5) is 27.8. The summed E-state index contributed by atoms with van der Waals surface area (Å²) in [5.41, 5.74) is 2.02. The Morgan fingerprint density at radius 3 is 2.44 bits per heavy atom. The summed E-state index contributed by atoms with van der Waals surface area (Å²) < 4.78 is 5.23. The van der Waals surface area contributed by atoms with Gasteiger partial charge < -0.3 is 15.0 Å². The highest BCUT2D eigenvalue weighted by Crippen LogP contribution is 2.20. The summed E-state index contributed by atoms with van der Waals surface area (Å²) >= 11 is 7.58. The van der Waals surface area contributed by atoms with E-state index in [4.69, 9.17) is 16.3 Å². The number of nitrogens with zero attached hydrogens (tertiary/aromatic N) is 1. The van der Waals surface area contributed by atoms with E-state index in [0.717, 1.165) is 16.9 Å². The molecule has 2 aromatic carbocycles. The van der Waals surface area contributed by atoms with Gasteiger partial charge in [0.1, 0.15) is 11.8 Å². The Kier molecular flexibility index (Phi) is 10.9. The van der Waals surface area contributed by atoms with E-state index in [1.165, 1.54) is 11.8 Å². The van der Waals surface area contributed by atoms with Crippen molar-refractivity contribution in [1.82, 2.24) is 10.2 Å². The molecule has 0 radical (unpaired) electrons. The van der Waals surface area contributed by atoms with Crippen molar-refractivity contribution < 1.29 is 14.3 Å². The molecule has 1 N–H and O–H groups in total. The second kappa shape index (κ2) is 13.4. The van der Waals surface area contributed by atoms with Gasteiger partial charge in [-0.25, -0.2) is 0 Å². The maximum absolute atomic E-state index is 13.2. The van der Waals surface area contributed by atoms with E-state index in [-0.39, 0.29) is 17.6 Å². The average molecular weight is 477 g/mol. The topological polar surface area (TPSA) is 58.6 Å². The fraction of sp³-hybridized carbons (Fsp3) is 0.440. The molecule has 0 saturated heterocycles. The number of methoxy groups -OCH3 is 1. The van der Waals surface area contributed by atoms with Crippen molar-refractivity contribution in [2.45, 2.75) is 45.5 Å². The molecule has 0 bridgehead atoms. The molecule has 7 heteroatoms. The van der Waals surface area contributed by atoms with E-state index in [1.54, 1.807) is 12.0 Å². The van der Waals surface area contributed by atoms with Crippen molar-refractivity contribution in [3.63, 3.8) is 0 Å². The first kappa shape index (κ1) is 26.1.